The summed E-state index contributed by atoms with van der Waals surface area (Å²) in [7, 11) is 0. The van der Waals surface area contributed by atoms with Crippen molar-refractivity contribution in [2.75, 3.05) is 0 Å². The Balaban J connectivity index is 0.000000671. The van der Waals surface area contributed by atoms with E-state index >= 15 is 0 Å². The van der Waals surface area contributed by atoms with Gasteiger partial charge in [-0.2, -0.15) is 0 Å². The van der Waals surface area contributed by atoms with Gasteiger partial charge in [0.2, 0.25) is 0 Å². The molecule has 0 aromatic heterocycles. The second-order valence-electron chi connectivity index (χ2n) is 3.82. The van der Waals surface area contributed by atoms with E-state index in [2.05, 4.69) is 13.8 Å². The van der Waals surface area contributed by atoms with Crippen LogP contribution in [0.1, 0.15) is 59.8 Å². The lowest BCUT2D eigenvalue weighted by Gasteiger charge is -2.32. The molecule has 0 heterocycles. The van der Waals surface area contributed by atoms with Crippen LogP contribution in [0.4, 0.5) is 0 Å². The molecule has 1 saturated carbocycles. The van der Waals surface area contributed by atoms with Crippen LogP contribution in [-0.4, -0.2) is 11.2 Å². The maximum atomic E-state index is 9.58. The summed E-state index contributed by atoms with van der Waals surface area (Å²) in [5, 5.41) is 9.58. The van der Waals surface area contributed by atoms with Crippen molar-refractivity contribution in [3.8, 4) is 0 Å². The van der Waals surface area contributed by atoms with Crippen molar-refractivity contribution in [1.82, 2.24) is 0 Å². The molecule has 3 atom stereocenters. The van der Waals surface area contributed by atoms with Crippen LogP contribution in [0.15, 0.2) is 0 Å². The fraction of sp³-hybridized carbons (Fsp3) is 1.00. The molecule has 1 fully saturated rings. The normalized spacial score (nSPS) is 33.5. The molecular formula is C12H26O. The minimum atomic E-state index is 0.00259. The Morgan fingerprint density at radius 1 is 1.08 bits per heavy atom. The molecule has 0 bridgehead atoms. The van der Waals surface area contributed by atoms with Crippen molar-refractivity contribution >= 4 is 0 Å². The van der Waals surface area contributed by atoms with E-state index in [9.17, 15) is 5.11 Å². The summed E-state index contributed by atoms with van der Waals surface area (Å²) >= 11 is 0. The lowest BCUT2D eigenvalue weighted by atomic mass is 9.77. The van der Waals surface area contributed by atoms with E-state index in [0.29, 0.717) is 5.92 Å². The Labute approximate surface area is 83.5 Å². The highest BCUT2D eigenvalue weighted by molar-refractivity contribution is 4.78. The molecule has 1 aliphatic rings. The van der Waals surface area contributed by atoms with Gasteiger partial charge in [-0.05, 0) is 31.1 Å². The quantitative estimate of drug-likeness (QED) is 0.698. The van der Waals surface area contributed by atoms with E-state index in [-0.39, 0.29) is 6.10 Å². The van der Waals surface area contributed by atoms with Gasteiger partial charge < -0.3 is 5.11 Å². The minimum absolute atomic E-state index is 0.00259. The first kappa shape index (κ1) is 13.0. The zero-order valence-electron chi connectivity index (χ0n) is 9.71. The van der Waals surface area contributed by atoms with Crippen LogP contribution in [0.25, 0.3) is 0 Å². The van der Waals surface area contributed by atoms with Crippen LogP contribution in [0, 0.1) is 11.8 Å². The fourth-order valence-corrected chi connectivity index (χ4v) is 2.15. The summed E-state index contributed by atoms with van der Waals surface area (Å²) in [6, 6.07) is 0. The summed E-state index contributed by atoms with van der Waals surface area (Å²) < 4.78 is 0. The standard InChI is InChI=1S/C10H20O.C2H6/c1-3-8-5-6-10(11)9(4-2)7-8;1-2/h8-11H,3-7H2,1-2H3;1-2H3. The van der Waals surface area contributed by atoms with Crippen molar-refractivity contribution < 1.29 is 5.11 Å². The Bertz CT molecular complexity index is 112. The molecule has 0 aromatic rings. The van der Waals surface area contributed by atoms with Gasteiger partial charge in [-0.1, -0.05) is 40.5 Å². The van der Waals surface area contributed by atoms with Crippen molar-refractivity contribution in [2.24, 2.45) is 11.8 Å². The molecule has 1 N–H and O–H groups in total. The van der Waals surface area contributed by atoms with Crippen LogP contribution in [0.5, 0.6) is 0 Å². The molecule has 13 heavy (non-hydrogen) atoms. The van der Waals surface area contributed by atoms with E-state index in [4.69, 9.17) is 0 Å². The summed E-state index contributed by atoms with van der Waals surface area (Å²) in [5.41, 5.74) is 0. The molecule has 0 amide bonds. The number of aliphatic hydroxyl groups is 1. The topological polar surface area (TPSA) is 20.2 Å². The van der Waals surface area contributed by atoms with Crippen molar-refractivity contribution in [3.05, 3.63) is 0 Å². The molecule has 0 radical (unpaired) electrons. The highest BCUT2D eigenvalue weighted by Crippen LogP contribution is 2.32. The van der Waals surface area contributed by atoms with E-state index < -0.39 is 0 Å². The van der Waals surface area contributed by atoms with Crippen LogP contribution >= 0.6 is 0 Å². The average molecular weight is 186 g/mol. The number of hydrogen-bond donors (Lipinski definition) is 1. The maximum Gasteiger partial charge on any atom is 0.0568 e. The zero-order valence-corrected chi connectivity index (χ0v) is 9.71. The third kappa shape index (κ3) is 4.12. The molecule has 0 saturated heterocycles. The lowest BCUT2D eigenvalue weighted by Crippen LogP contribution is -2.28. The first-order valence-electron chi connectivity index (χ1n) is 5.96. The molecule has 0 spiro atoms. The predicted molar refractivity (Wildman–Crippen MR) is 58.8 cm³/mol. The molecule has 0 aromatic carbocycles. The van der Waals surface area contributed by atoms with E-state index in [1.165, 1.54) is 19.3 Å². The van der Waals surface area contributed by atoms with E-state index in [1.54, 1.807) is 0 Å². The molecule has 1 nitrogen and oxygen atoms in total. The molecule has 1 rings (SSSR count). The van der Waals surface area contributed by atoms with Crippen LogP contribution in [-0.2, 0) is 0 Å². The van der Waals surface area contributed by atoms with Crippen LogP contribution in [0.2, 0.25) is 0 Å². The Morgan fingerprint density at radius 2 is 1.69 bits per heavy atom. The zero-order chi connectivity index (χ0) is 10.3. The van der Waals surface area contributed by atoms with Gasteiger partial charge in [-0.15, -0.1) is 0 Å². The van der Waals surface area contributed by atoms with Gasteiger partial charge in [0.25, 0.3) is 0 Å². The number of rotatable bonds is 2. The van der Waals surface area contributed by atoms with E-state index in [0.717, 1.165) is 18.8 Å². The van der Waals surface area contributed by atoms with Crippen LogP contribution < -0.4 is 0 Å². The molecule has 1 aliphatic carbocycles. The van der Waals surface area contributed by atoms with E-state index in [1.807, 2.05) is 13.8 Å². The Hall–Kier alpha value is -0.0400. The average Bonchev–Trinajstić information content (AvgIpc) is 2.22. The predicted octanol–water partition coefficient (Wildman–Crippen LogP) is 3.61. The monoisotopic (exact) mass is 186 g/mol. The van der Waals surface area contributed by atoms with Crippen LogP contribution in [0.3, 0.4) is 0 Å². The minimum Gasteiger partial charge on any atom is -0.393 e. The first-order valence-corrected chi connectivity index (χ1v) is 5.96. The molecule has 1 heteroatoms. The Morgan fingerprint density at radius 3 is 2.15 bits per heavy atom. The SMILES string of the molecule is CC.CCC1CCC(O)C(CC)C1. The number of hydrogen-bond acceptors (Lipinski definition) is 1. The fourth-order valence-electron chi connectivity index (χ4n) is 2.15. The lowest BCUT2D eigenvalue weighted by molar-refractivity contribution is 0.0455. The third-order valence-electron chi connectivity index (χ3n) is 3.15. The summed E-state index contributed by atoms with van der Waals surface area (Å²) in [5.74, 6) is 1.48. The van der Waals surface area contributed by atoms with Gasteiger partial charge in [0.05, 0.1) is 6.10 Å². The third-order valence-corrected chi connectivity index (χ3v) is 3.15. The molecule has 3 unspecified atom stereocenters. The van der Waals surface area contributed by atoms with Gasteiger partial charge >= 0.3 is 0 Å². The van der Waals surface area contributed by atoms with Gasteiger partial charge in [0.1, 0.15) is 0 Å². The van der Waals surface area contributed by atoms with Gasteiger partial charge in [0.15, 0.2) is 0 Å². The van der Waals surface area contributed by atoms with Gasteiger partial charge in [-0.25, -0.2) is 0 Å². The summed E-state index contributed by atoms with van der Waals surface area (Å²) in [6.45, 7) is 8.45. The smallest absolute Gasteiger partial charge is 0.0568 e. The Kier molecular flexibility index (Phi) is 7.35. The first-order chi connectivity index (χ1) is 6.27. The highest BCUT2D eigenvalue weighted by Gasteiger charge is 2.26. The second-order valence-corrected chi connectivity index (χ2v) is 3.82. The molecular weight excluding hydrogens is 160 g/mol. The van der Waals surface area contributed by atoms with Gasteiger partial charge in [0, 0.05) is 0 Å². The van der Waals surface area contributed by atoms with Crippen molar-refractivity contribution in [3.63, 3.8) is 0 Å². The summed E-state index contributed by atoms with van der Waals surface area (Å²) in [4.78, 5) is 0. The molecule has 80 valence electrons. The van der Waals surface area contributed by atoms with Crippen molar-refractivity contribution in [1.29, 1.82) is 0 Å². The van der Waals surface area contributed by atoms with Crippen molar-refractivity contribution in [2.45, 2.75) is 65.9 Å². The van der Waals surface area contributed by atoms with Gasteiger partial charge in [-0.3, -0.25) is 0 Å². The highest BCUT2D eigenvalue weighted by atomic mass is 16.3. The second kappa shape index (κ2) is 7.37. The summed E-state index contributed by atoms with van der Waals surface area (Å²) in [6.07, 6.45) is 5.99. The molecule has 0 aliphatic heterocycles. The maximum absolute atomic E-state index is 9.58. The number of aliphatic hydroxyl groups excluding tert-OH is 1. The largest absolute Gasteiger partial charge is 0.393 e.